The maximum atomic E-state index is 2.55. The maximum absolute atomic E-state index is 2.55. The summed E-state index contributed by atoms with van der Waals surface area (Å²) in [5.74, 6) is 0. The monoisotopic (exact) mass is 293 g/mol. The molecule has 0 fully saturated rings. The molecule has 0 atom stereocenters. The molecule has 0 aliphatic carbocycles. The fourth-order valence-electron chi connectivity index (χ4n) is 2.60. The van der Waals surface area contributed by atoms with Gasteiger partial charge in [-0.25, -0.2) is 0 Å². The summed E-state index contributed by atoms with van der Waals surface area (Å²) in [4.78, 5) is 2.55. The first kappa shape index (κ1) is 16.5. The molecule has 0 saturated carbocycles. The molecule has 0 radical (unpaired) electrons. The molecule has 0 amide bonds. The molecule has 116 valence electrons. The Morgan fingerprint density at radius 2 is 1.32 bits per heavy atom. The van der Waals surface area contributed by atoms with E-state index in [0.29, 0.717) is 0 Å². The van der Waals surface area contributed by atoms with Crippen molar-refractivity contribution in [1.82, 2.24) is 4.90 Å². The molecular weight excluding hydrogens is 266 g/mol. The van der Waals surface area contributed by atoms with Crippen LogP contribution in [0.5, 0.6) is 0 Å². The highest BCUT2D eigenvalue weighted by Crippen LogP contribution is 2.11. The van der Waals surface area contributed by atoms with Crippen molar-refractivity contribution in [1.29, 1.82) is 0 Å². The summed E-state index contributed by atoms with van der Waals surface area (Å²) in [7, 11) is 0. The average Bonchev–Trinajstić information content (AvgIpc) is 2.53. The Labute approximate surface area is 135 Å². The van der Waals surface area contributed by atoms with Crippen LogP contribution in [0.4, 0.5) is 0 Å². The molecule has 0 bridgehead atoms. The Balaban J connectivity index is 1.95. The molecule has 1 nitrogen and oxygen atoms in total. The highest BCUT2D eigenvalue weighted by atomic mass is 15.1. The lowest BCUT2D eigenvalue weighted by molar-refractivity contribution is 0.254. The minimum atomic E-state index is 1.02. The van der Waals surface area contributed by atoms with Crippen molar-refractivity contribution in [3.63, 3.8) is 0 Å². The minimum Gasteiger partial charge on any atom is -0.295 e. The minimum absolute atomic E-state index is 1.02. The fraction of sp³-hybridized carbons (Fsp3) is 0.333. The van der Waals surface area contributed by atoms with Gasteiger partial charge in [0.1, 0.15) is 0 Å². The predicted octanol–water partition coefficient (Wildman–Crippen LogP) is 5.44. The normalized spacial score (nSPS) is 10.7. The third-order valence-corrected chi connectivity index (χ3v) is 3.73. The first-order valence-corrected chi connectivity index (χ1v) is 8.17. The molecule has 0 saturated heterocycles. The zero-order chi connectivity index (χ0) is 15.6. The van der Waals surface area contributed by atoms with Crippen molar-refractivity contribution in [2.45, 2.75) is 39.8 Å². The molecular formula is C21H27N. The van der Waals surface area contributed by atoms with Crippen LogP contribution in [0.1, 0.15) is 37.8 Å². The Morgan fingerprint density at radius 3 is 1.77 bits per heavy atom. The summed E-state index contributed by atoms with van der Waals surface area (Å²) in [6.45, 7) is 7.51. The van der Waals surface area contributed by atoms with Crippen LogP contribution in [-0.2, 0) is 13.1 Å². The predicted molar refractivity (Wildman–Crippen MR) is 95.7 cm³/mol. The molecule has 0 spiro atoms. The molecule has 2 rings (SSSR count). The second-order valence-electron chi connectivity index (χ2n) is 6.11. The standard InChI is InChI=1S/C21H27N/c1-19(2)11-9-10-16-22(17-20-12-5-3-6-13-20)18-21-14-7-4-8-15-21/h3-8,11-15H,9-10,16-18H2,1-2H3. The van der Waals surface area contributed by atoms with Gasteiger partial charge < -0.3 is 0 Å². The Bertz CT molecular complexity index is 511. The molecule has 0 N–H and O–H groups in total. The van der Waals surface area contributed by atoms with Crippen LogP contribution in [0.2, 0.25) is 0 Å². The zero-order valence-corrected chi connectivity index (χ0v) is 13.8. The van der Waals surface area contributed by atoms with Gasteiger partial charge in [-0.2, -0.15) is 0 Å². The second-order valence-corrected chi connectivity index (χ2v) is 6.11. The van der Waals surface area contributed by atoms with E-state index in [1.165, 1.54) is 29.5 Å². The van der Waals surface area contributed by atoms with Gasteiger partial charge in [-0.1, -0.05) is 72.3 Å². The van der Waals surface area contributed by atoms with Crippen LogP contribution in [0, 0.1) is 0 Å². The molecule has 0 aliphatic rings. The largest absolute Gasteiger partial charge is 0.295 e. The molecule has 22 heavy (non-hydrogen) atoms. The Hall–Kier alpha value is -1.86. The maximum Gasteiger partial charge on any atom is 0.0237 e. The van der Waals surface area contributed by atoms with Crippen LogP contribution < -0.4 is 0 Å². The van der Waals surface area contributed by atoms with Gasteiger partial charge in [-0.15, -0.1) is 0 Å². The molecule has 0 heterocycles. The third-order valence-electron chi connectivity index (χ3n) is 3.73. The first-order chi connectivity index (χ1) is 10.7. The van der Waals surface area contributed by atoms with E-state index in [9.17, 15) is 0 Å². The first-order valence-electron chi connectivity index (χ1n) is 8.17. The number of hydrogen-bond donors (Lipinski definition) is 0. The van der Waals surface area contributed by atoms with Crippen molar-refractivity contribution in [2.75, 3.05) is 6.54 Å². The number of unbranched alkanes of at least 4 members (excludes halogenated alkanes) is 1. The quantitative estimate of drug-likeness (QED) is 0.463. The molecule has 0 unspecified atom stereocenters. The lowest BCUT2D eigenvalue weighted by Crippen LogP contribution is -2.24. The van der Waals surface area contributed by atoms with Gasteiger partial charge >= 0.3 is 0 Å². The summed E-state index contributed by atoms with van der Waals surface area (Å²) in [6.07, 6.45) is 4.72. The third kappa shape index (κ3) is 6.28. The van der Waals surface area contributed by atoms with Gasteiger partial charge in [0.15, 0.2) is 0 Å². The summed E-state index contributed by atoms with van der Waals surface area (Å²) >= 11 is 0. The van der Waals surface area contributed by atoms with Crippen molar-refractivity contribution in [3.8, 4) is 0 Å². The SMILES string of the molecule is CC(C)=CCCCN(Cc1ccccc1)Cc1ccccc1. The van der Waals surface area contributed by atoms with Gasteiger partial charge in [0.2, 0.25) is 0 Å². The van der Waals surface area contributed by atoms with Crippen molar-refractivity contribution < 1.29 is 0 Å². The topological polar surface area (TPSA) is 3.24 Å². The van der Waals surface area contributed by atoms with Crippen molar-refractivity contribution in [3.05, 3.63) is 83.4 Å². The number of rotatable bonds is 8. The summed E-state index contributed by atoms with van der Waals surface area (Å²) in [5, 5.41) is 0. The number of allylic oxidation sites excluding steroid dienone is 2. The average molecular weight is 293 g/mol. The van der Waals surface area contributed by atoms with Crippen LogP contribution in [-0.4, -0.2) is 11.4 Å². The fourth-order valence-corrected chi connectivity index (χ4v) is 2.60. The van der Waals surface area contributed by atoms with E-state index in [1.807, 2.05) is 0 Å². The molecule has 2 aromatic carbocycles. The van der Waals surface area contributed by atoms with Crippen molar-refractivity contribution >= 4 is 0 Å². The van der Waals surface area contributed by atoms with Crippen LogP contribution in [0.3, 0.4) is 0 Å². The van der Waals surface area contributed by atoms with Gasteiger partial charge in [-0.3, -0.25) is 4.90 Å². The van der Waals surface area contributed by atoms with Crippen LogP contribution >= 0.6 is 0 Å². The molecule has 1 heteroatoms. The van der Waals surface area contributed by atoms with E-state index in [-0.39, 0.29) is 0 Å². The highest BCUT2D eigenvalue weighted by Gasteiger charge is 2.06. The number of nitrogens with zero attached hydrogens (tertiary/aromatic N) is 1. The van der Waals surface area contributed by atoms with E-state index >= 15 is 0 Å². The molecule has 0 aliphatic heterocycles. The Kier molecular flexibility index (Phi) is 6.92. The lowest BCUT2D eigenvalue weighted by Gasteiger charge is -2.22. The van der Waals surface area contributed by atoms with E-state index in [1.54, 1.807) is 0 Å². The van der Waals surface area contributed by atoms with E-state index in [2.05, 4.69) is 85.5 Å². The van der Waals surface area contributed by atoms with Gasteiger partial charge in [-0.05, 0) is 44.4 Å². The molecule has 0 aromatic heterocycles. The number of benzene rings is 2. The van der Waals surface area contributed by atoms with Crippen molar-refractivity contribution in [2.24, 2.45) is 0 Å². The van der Waals surface area contributed by atoms with Crippen LogP contribution in [0.25, 0.3) is 0 Å². The van der Waals surface area contributed by atoms with Gasteiger partial charge in [0.25, 0.3) is 0 Å². The molecule has 2 aromatic rings. The smallest absolute Gasteiger partial charge is 0.0237 e. The van der Waals surface area contributed by atoms with E-state index < -0.39 is 0 Å². The van der Waals surface area contributed by atoms with E-state index in [4.69, 9.17) is 0 Å². The van der Waals surface area contributed by atoms with Gasteiger partial charge in [0, 0.05) is 13.1 Å². The summed E-state index contributed by atoms with van der Waals surface area (Å²) in [5.41, 5.74) is 4.19. The lowest BCUT2D eigenvalue weighted by atomic mass is 10.1. The summed E-state index contributed by atoms with van der Waals surface area (Å²) in [6, 6.07) is 21.5. The Morgan fingerprint density at radius 1 is 0.818 bits per heavy atom. The van der Waals surface area contributed by atoms with Crippen LogP contribution in [0.15, 0.2) is 72.3 Å². The zero-order valence-electron chi connectivity index (χ0n) is 13.8. The number of hydrogen-bond acceptors (Lipinski definition) is 1. The second kappa shape index (κ2) is 9.22. The van der Waals surface area contributed by atoms with E-state index in [0.717, 1.165) is 19.6 Å². The van der Waals surface area contributed by atoms with Gasteiger partial charge in [0.05, 0.1) is 0 Å². The summed E-state index contributed by atoms with van der Waals surface area (Å²) < 4.78 is 0. The highest BCUT2D eigenvalue weighted by molar-refractivity contribution is 5.17.